The summed E-state index contributed by atoms with van der Waals surface area (Å²) in [5.74, 6) is 1.10. The molecule has 0 radical (unpaired) electrons. The fourth-order valence-electron chi connectivity index (χ4n) is 2.73. The van der Waals surface area contributed by atoms with Crippen LogP contribution in [-0.4, -0.2) is 24.7 Å². The van der Waals surface area contributed by atoms with E-state index in [1.807, 2.05) is 24.3 Å². The zero-order chi connectivity index (χ0) is 15.7. The molecule has 0 aliphatic rings. The largest absolute Gasteiger partial charge is 0.506 e. The summed E-state index contributed by atoms with van der Waals surface area (Å²) in [6.45, 7) is 4.13. The Labute approximate surface area is 128 Å². The van der Waals surface area contributed by atoms with Gasteiger partial charge in [-0.3, -0.25) is 4.98 Å². The van der Waals surface area contributed by atoms with E-state index in [-0.39, 0.29) is 12.4 Å². The molecule has 2 N–H and O–H groups in total. The Morgan fingerprint density at radius 3 is 2.73 bits per heavy atom. The molecule has 0 bridgehead atoms. The van der Waals surface area contributed by atoms with E-state index >= 15 is 0 Å². The standard InChI is InChI=1S/C17H19N3O2/c1-3-16-19-14-6-4-5-7-15(14)20(16)9-13-12(10-21)8-18-11(2)17(13)22/h4-8,21-22H,3,9-10H2,1-2H3. The highest BCUT2D eigenvalue weighted by atomic mass is 16.3. The van der Waals surface area contributed by atoms with E-state index in [1.54, 1.807) is 13.1 Å². The van der Waals surface area contributed by atoms with Crippen molar-refractivity contribution in [3.05, 3.63) is 53.1 Å². The van der Waals surface area contributed by atoms with Crippen LogP contribution in [0.3, 0.4) is 0 Å². The van der Waals surface area contributed by atoms with Crippen LogP contribution in [0.15, 0.2) is 30.5 Å². The van der Waals surface area contributed by atoms with Crippen LogP contribution in [-0.2, 0) is 19.6 Å². The van der Waals surface area contributed by atoms with E-state index in [4.69, 9.17) is 0 Å². The highest BCUT2D eigenvalue weighted by Crippen LogP contribution is 2.27. The molecule has 3 aromatic rings. The summed E-state index contributed by atoms with van der Waals surface area (Å²) in [6, 6.07) is 7.94. The summed E-state index contributed by atoms with van der Waals surface area (Å²) in [6.07, 6.45) is 2.42. The minimum Gasteiger partial charge on any atom is -0.506 e. The SMILES string of the molecule is CCc1nc2ccccc2n1Cc1c(CO)cnc(C)c1O. The number of aliphatic hydroxyl groups excluding tert-OH is 1. The zero-order valence-electron chi connectivity index (χ0n) is 12.7. The van der Waals surface area contributed by atoms with Crippen molar-refractivity contribution >= 4 is 11.0 Å². The van der Waals surface area contributed by atoms with Crippen molar-refractivity contribution < 1.29 is 10.2 Å². The Morgan fingerprint density at radius 1 is 1.23 bits per heavy atom. The summed E-state index contributed by atoms with van der Waals surface area (Å²) in [7, 11) is 0. The van der Waals surface area contributed by atoms with Gasteiger partial charge in [0.05, 0.1) is 29.9 Å². The van der Waals surface area contributed by atoms with Gasteiger partial charge in [-0.2, -0.15) is 0 Å². The number of hydrogen-bond acceptors (Lipinski definition) is 4. The molecule has 2 heterocycles. The van der Waals surface area contributed by atoms with Gasteiger partial charge in [0.1, 0.15) is 11.6 Å². The van der Waals surface area contributed by atoms with Crippen LogP contribution in [0.4, 0.5) is 0 Å². The lowest BCUT2D eigenvalue weighted by Gasteiger charge is -2.14. The average molecular weight is 297 g/mol. The molecule has 0 saturated heterocycles. The molecule has 5 nitrogen and oxygen atoms in total. The molecule has 0 amide bonds. The fraction of sp³-hybridized carbons (Fsp3) is 0.294. The molecule has 3 rings (SSSR count). The molecule has 0 fully saturated rings. The van der Waals surface area contributed by atoms with E-state index in [2.05, 4.69) is 21.5 Å². The summed E-state index contributed by atoms with van der Waals surface area (Å²) in [4.78, 5) is 8.75. The maximum atomic E-state index is 10.3. The number of pyridine rings is 1. The highest BCUT2D eigenvalue weighted by Gasteiger charge is 2.15. The molecule has 0 unspecified atom stereocenters. The fourth-order valence-corrected chi connectivity index (χ4v) is 2.73. The number of aryl methyl sites for hydroxylation is 2. The highest BCUT2D eigenvalue weighted by molar-refractivity contribution is 5.76. The second kappa shape index (κ2) is 5.77. The second-order valence-electron chi connectivity index (χ2n) is 5.31. The van der Waals surface area contributed by atoms with Gasteiger partial charge in [-0.1, -0.05) is 19.1 Å². The predicted molar refractivity (Wildman–Crippen MR) is 84.8 cm³/mol. The Kier molecular flexibility index (Phi) is 3.81. The normalized spacial score (nSPS) is 11.2. The first kappa shape index (κ1) is 14.5. The van der Waals surface area contributed by atoms with Gasteiger partial charge in [-0.05, 0) is 19.1 Å². The van der Waals surface area contributed by atoms with E-state index < -0.39 is 0 Å². The summed E-state index contributed by atoms with van der Waals surface area (Å²) in [5.41, 5.74) is 3.87. The molecule has 22 heavy (non-hydrogen) atoms. The number of aromatic nitrogens is 3. The third-order valence-electron chi connectivity index (χ3n) is 3.97. The van der Waals surface area contributed by atoms with E-state index in [0.717, 1.165) is 23.3 Å². The average Bonchev–Trinajstić information content (AvgIpc) is 2.90. The van der Waals surface area contributed by atoms with E-state index in [0.29, 0.717) is 23.4 Å². The topological polar surface area (TPSA) is 71.2 Å². The van der Waals surface area contributed by atoms with Gasteiger partial charge in [-0.25, -0.2) is 4.98 Å². The lowest BCUT2D eigenvalue weighted by molar-refractivity contribution is 0.278. The van der Waals surface area contributed by atoms with Crippen LogP contribution >= 0.6 is 0 Å². The van der Waals surface area contributed by atoms with Crippen LogP contribution in [0.2, 0.25) is 0 Å². The van der Waals surface area contributed by atoms with Gasteiger partial charge in [0.25, 0.3) is 0 Å². The minimum absolute atomic E-state index is 0.145. The quantitative estimate of drug-likeness (QED) is 0.776. The van der Waals surface area contributed by atoms with Crippen LogP contribution in [0.25, 0.3) is 11.0 Å². The van der Waals surface area contributed by atoms with E-state index in [1.165, 1.54) is 0 Å². The molecular weight excluding hydrogens is 278 g/mol. The smallest absolute Gasteiger partial charge is 0.142 e. The summed E-state index contributed by atoms with van der Waals surface area (Å²) in [5, 5.41) is 19.9. The lowest BCUT2D eigenvalue weighted by atomic mass is 10.1. The number of rotatable bonds is 4. The third-order valence-corrected chi connectivity index (χ3v) is 3.97. The van der Waals surface area contributed by atoms with Crippen LogP contribution in [0.5, 0.6) is 5.75 Å². The zero-order valence-corrected chi connectivity index (χ0v) is 12.7. The van der Waals surface area contributed by atoms with Gasteiger partial charge >= 0.3 is 0 Å². The van der Waals surface area contributed by atoms with Crippen molar-refractivity contribution in [2.45, 2.75) is 33.4 Å². The van der Waals surface area contributed by atoms with Crippen molar-refractivity contribution in [2.24, 2.45) is 0 Å². The molecule has 0 atom stereocenters. The van der Waals surface area contributed by atoms with Crippen molar-refractivity contribution in [1.82, 2.24) is 14.5 Å². The number of fused-ring (bicyclic) bond motifs is 1. The molecule has 114 valence electrons. The van der Waals surface area contributed by atoms with Crippen molar-refractivity contribution in [3.63, 3.8) is 0 Å². The molecule has 0 saturated carbocycles. The Morgan fingerprint density at radius 2 is 2.00 bits per heavy atom. The maximum Gasteiger partial charge on any atom is 0.142 e. The van der Waals surface area contributed by atoms with Gasteiger partial charge < -0.3 is 14.8 Å². The third kappa shape index (κ3) is 2.33. The first-order chi connectivity index (χ1) is 10.7. The molecule has 0 spiro atoms. The molecular formula is C17H19N3O2. The Balaban J connectivity index is 2.16. The molecule has 0 aliphatic heterocycles. The van der Waals surface area contributed by atoms with Gasteiger partial charge in [0, 0.05) is 23.7 Å². The monoisotopic (exact) mass is 297 g/mol. The molecule has 0 aliphatic carbocycles. The second-order valence-corrected chi connectivity index (χ2v) is 5.31. The van der Waals surface area contributed by atoms with Crippen molar-refractivity contribution in [3.8, 4) is 5.75 Å². The summed E-state index contributed by atoms with van der Waals surface area (Å²) < 4.78 is 2.09. The van der Waals surface area contributed by atoms with Crippen LogP contribution in [0.1, 0.15) is 29.6 Å². The molecule has 5 heteroatoms. The maximum absolute atomic E-state index is 10.3. The number of hydrogen-bond donors (Lipinski definition) is 2. The first-order valence-corrected chi connectivity index (χ1v) is 7.37. The van der Waals surface area contributed by atoms with Gasteiger partial charge in [0.15, 0.2) is 0 Å². The lowest BCUT2D eigenvalue weighted by Crippen LogP contribution is -2.08. The van der Waals surface area contributed by atoms with Crippen molar-refractivity contribution in [2.75, 3.05) is 0 Å². The number of aliphatic hydroxyl groups is 1. The molecule has 2 aromatic heterocycles. The summed E-state index contributed by atoms with van der Waals surface area (Å²) >= 11 is 0. The van der Waals surface area contributed by atoms with Gasteiger partial charge in [-0.15, -0.1) is 0 Å². The van der Waals surface area contributed by atoms with Crippen LogP contribution < -0.4 is 0 Å². The number of para-hydroxylation sites is 2. The van der Waals surface area contributed by atoms with Crippen LogP contribution in [0, 0.1) is 6.92 Å². The number of imidazole rings is 1. The minimum atomic E-state index is -0.149. The predicted octanol–water partition coefficient (Wildman–Crippen LogP) is 2.55. The number of benzene rings is 1. The van der Waals surface area contributed by atoms with E-state index in [9.17, 15) is 10.2 Å². The first-order valence-electron chi connectivity index (χ1n) is 7.37. The molecule has 1 aromatic carbocycles. The number of nitrogens with zero attached hydrogens (tertiary/aromatic N) is 3. The Hall–Kier alpha value is -2.40. The Bertz CT molecular complexity index is 824. The number of aromatic hydroxyl groups is 1. The van der Waals surface area contributed by atoms with Crippen molar-refractivity contribution in [1.29, 1.82) is 0 Å². The van der Waals surface area contributed by atoms with Gasteiger partial charge in [0.2, 0.25) is 0 Å².